The van der Waals surface area contributed by atoms with Crippen LogP contribution < -0.4 is 10.1 Å². The maximum atomic E-state index is 15.6. The number of piperidine rings is 1. The Kier molecular flexibility index (Phi) is 6.44. The molecule has 3 aliphatic heterocycles. The molecular weight excluding hydrogens is 489 g/mol. The van der Waals surface area contributed by atoms with E-state index in [2.05, 4.69) is 10.2 Å². The monoisotopic (exact) mass is 524 g/mol. The number of benzene rings is 2. The lowest BCUT2D eigenvalue weighted by Gasteiger charge is -2.47. The fourth-order valence-electron chi connectivity index (χ4n) is 5.84. The molecule has 2 aromatic rings. The molecule has 2 aromatic carbocycles. The molecule has 0 spiro atoms. The minimum absolute atomic E-state index is 0.0133. The maximum Gasteiger partial charge on any atom is 0.255 e. The average molecular weight is 525 g/mol. The molecule has 3 amide bonds. The quantitative estimate of drug-likeness (QED) is 0.582. The highest BCUT2D eigenvalue weighted by molar-refractivity contribution is 6.05. The van der Waals surface area contributed by atoms with Gasteiger partial charge in [-0.15, -0.1) is 0 Å². The van der Waals surface area contributed by atoms with Crippen LogP contribution in [0.4, 0.5) is 4.39 Å². The van der Waals surface area contributed by atoms with Crippen LogP contribution in [0, 0.1) is 5.82 Å². The van der Waals surface area contributed by atoms with Crippen molar-refractivity contribution < 1.29 is 29.6 Å². The molecule has 1 atom stereocenters. The normalized spacial score (nSPS) is 25.1. The van der Waals surface area contributed by atoms with Crippen molar-refractivity contribution in [2.24, 2.45) is 0 Å². The van der Waals surface area contributed by atoms with Crippen molar-refractivity contribution in [1.29, 1.82) is 0 Å². The number of halogens is 1. The third-order valence-electron chi connectivity index (χ3n) is 7.05. The van der Waals surface area contributed by atoms with Crippen LogP contribution in [0.1, 0.15) is 69.0 Å². The van der Waals surface area contributed by atoms with Crippen LogP contribution in [0.3, 0.4) is 0 Å². The molecule has 1 N–H and O–H groups in total. The summed E-state index contributed by atoms with van der Waals surface area (Å²) in [5.74, 6) is -1.69. The fraction of sp³-hybridized carbons (Fsp3) is 0.483. The topological polar surface area (TPSA) is 88.2 Å². The zero-order valence-electron chi connectivity index (χ0n) is 23.2. The molecule has 0 unspecified atom stereocenters. The van der Waals surface area contributed by atoms with Crippen LogP contribution in [0.15, 0.2) is 36.4 Å². The number of fused-ring (bicyclic) bond motifs is 1. The fourth-order valence-corrected chi connectivity index (χ4v) is 5.84. The Morgan fingerprint density at radius 3 is 2.47 bits per heavy atom. The van der Waals surface area contributed by atoms with E-state index in [1.807, 2.05) is 27.7 Å². The minimum Gasteiger partial charge on any atom is -0.488 e. The predicted molar refractivity (Wildman–Crippen MR) is 138 cm³/mol. The molecule has 3 heterocycles. The largest absolute Gasteiger partial charge is 0.488 e. The Hall–Kier alpha value is -3.30. The van der Waals surface area contributed by atoms with Crippen molar-refractivity contribution in [2.45, 2.75) is 77.5 Å². The van der Waals surface area contributed by atoms with E-state index in [1.165, 1.54) is 4.90 Å². The van der Waals surface area contributed by atoms with Gasteiger partial charge in [-0.3, -0.25) is 24.6 Å². The van der Waals surface area contributed by atoms with Gasteiger partial charge in [0, 0.05) is 48.3 Å². The second-order valence-electron chi connectivity index (χ2n) is 11.4. The summed E-state index contributed by atoms with van der Waals surface area (Å²) in [6.45, 7) is 9.88. The summed E-state index contributed by atoms with van der Waals surface area (Å²) < 4.78 is 36.4. The number of morpholine rings is 1. The highest BCUT2D eigenvalue weighted by atomic mass is 19.1. The molecule has 0 saturated carbocycles. The van der Waals surface area contributed by atoms with Crippen molar-refractivity contribution in [3.63, 3.8) is 0 Å². The van der Waals surface area contributed by atoms with Crippen LogP contribution >= 0.6 is 0 Å². The van der Waals surface area contributed by atoms with Gasteiger partial charge in [-0.1, -0.05) is 24.3 Å². The van der Waals surface area contributed by atoms with Gasteiger partial charge >= 0.3 is 0 Å². The first-order valence-electron chi connectivity index (χ1n) is 13.4. The highest BCUT2D eigenvalue weighted by Crippen LogP contribution is 2.34. The number of carbonyl (C=O) groups excluding carboxylic acids is 3. The Balaban J connectivity index is 1.31. The van der Waals surface area contributed by atoms with Gasteiger partial charge in [-0.25, -0.2) is 4.39 Å². The van der Waals surface area contributed by atoms with Gasteiger partial charge in [-0.05, 0) is 46.2 Å². The molecule has 0 radical (unpaired) electrons. The second-order valence-corrected chi connectivity index (χ2v) is 11.4. The number of imide groups is 1. The minimum atomic E-state index is -1.88. The number of nitrogens with zero attached hydrogens (tertiary/aromatic N) is 2. The second kappa shape index (κ2) is 9.78. The van der Waals surface area contributed by atoms with Crippen LogP contribution in [-0.2, 0) is 34.0 Å². The predicted octanol–water partition coefficient (Wildman–Crippen LogP) is 3.56. The lowest BCUT2D eigenvalue weighted by molar-refractivity contribution is -0.182. The van der Waals surface area contributed by atoms with E-state index in [4.69, 9.17) is 10.8 Å². The number of carbonyl (C=O) groups is 3. The van der Waals surface area contributed by atoms with Crippen LogP contribution in [0.25, 0.3) is 0 Å². The molecule has 5 rings (SSSR count). The van der Waals surface area contributed by atoms with E-state index in [0.717, 1.165) is 0 Å². The van der Waals surface area contributed by atoms with E-state index in [9.17, 15) is 14.4 Å². The Bertz CT molecular complexity index is 1330. The first kappa shape index (κ1) is 25.0. The summed E-state index contributed by atoms with van der Waals surface area (Å²) in [4.78, 5) is 40.6. The Morgan fingerprint density at radius 2 is 1.76 bits per heavy atom. The molecule has 0 aliphatic carbocycles. The summed E-state index contributed by atoms with van der Waals surface area (Å²) in [5, 5.41) is 2.16. The third kappa shape index (κ3) is 5.31. The van der Waals surface area contributed by atoms with Crippen LogP contribution in [0.2, 0.25) is 0 Å². The standard InChI is InChI=1S/C29H34FN3O5/c1-28(2)16-32(17-29(3,4)38-28)13-18-7-5-8-19(25(18)30)15-37-23-10-6-9-20-21(23)14-33(27(20)36)22-11-12-24(34)31-26(22)35/h5-10,22H,11-17H2,1-4H3,(H,31,34,35)/t22-/m0/s1/i22D. The van der Waals surface area contributed by atoms with Crippen molar-refractivity contribution in [3.8, 4) is 5.75 Å². The van der Waals surface area contributed by atoms with E-state index in [-0.39, 0.29) is 43.0 Å². The first-order valence-corrected chi connectivity index (χ1v) is 12.9. The van der Waals surface area contributed by atoms with Crippen molar-refractivity contribution in [2.75, 3.05) is 13.1 Å². The molecule has 9 heteroatoms. The molecular formula is C29H34FN3O5. The summed E-state index contributed by atoms with van der Waals surface area (Å²) in [7, 11) is 0. The lowest BCUT2D eigenvalue weighted by Crippen LogP contribution is -2.56. The van der Waals surface area contributed by atoms with Gasteiger partial charge < -0.3 is 14.4 Å². The number of nitrogens with one attached hydrogen (secondary N) is 1. The van der Waals surface area contributed by atoms with E-state index < -0.39 is 23.7 Å². The summed E-state index contributed by atoms with van der Waals surface area (Å²) >= 11 is 0. The number of rotatable bonds is 6. The van der Waals surface area contributed by atoms with E-state index in [1.54, 1.807) is 36.4 Å². The Labute approximate surface area is 223 Å². The van der Waals surface area contributed by atoms with Gasteiger partial charge in [0.25, 0.3) is 5.91 Å². The van der Waals surface area contributed by atoms with Gasteiger partial charge in [0.1, 0.15) is 24.2 Å². The number of hydrogen-bond donors (Lipinski definition) is 1. The van der Waals surface area contributed by atoms with Gasteiger partial charge in [0.2, 0.25) is 11.8 Å². The third-order valence-corrected chi connectivity index (χ3v) is 7.05. The van der Waals surface area contributed by atoms with Crippen molar-refractivity contribution in [1.82, 2.24) is 15.1 Å². The Morgan fingerprint density at radius 1 is 1.08 bits per heavy atom. The van der Waals surface area contributed by atoms with Gasteiger partial charge in [0.15, 0.2) is 0 Å². The number of ether oxygens (including phenoxy) is 2. The summed E-state index contributed by atoms with van der Waals surface area (Å²) in [5.41, 5.74) is 1.13. The molecule has 0 bridgehead atoms. The first-order chi connectivity index (χ1) is 18.3. The number of hydrogen-bond acceptors (Lipinski definition) is 6. The molecule has 2 fully saturated rings. The van der Waals surface area contributed by atoms with Crippen molar-refractivity contribution in [3.05, 3.63) is 64.5 Å². The maximum absolute atomic E-state index is 15.6. The molecule has 0 aromatic heterocycles. The van der Waals surface area contributed by atoms with Crippen LogP contribution in [-0.4, -0.2) is 57.8 Å². The molecule has 2 saturated heterocycles. The highest BCUT2D eigenvalue weighted by Gasteiger charge is 2.40. The number of amides is 3. The zero-order chi connectivity index (χ0) is 28.2. The van der Waals surface area contributed by atoms with Gasteiger partial charge in [-0.2, -0.15) is 0 Å². The lowest BCUT2D eigenvalue weighted by atomic mass is 9.98. The average Bonchev–Trinajstić information content (AvgIpc) is 3.18. The van der Waals surface area contributed by atoms with Crippen LogP contribution in [0.5, 0.6) is 5.75 Å². The smallest absolute Gasteiger partial charge is 0.255 e. The van der Waals surface area contributed by atoms with Crippen molar-refractivity contribution >= 4 is 17.7 Å². The van der Waals surface area contributed by atoms with E-state index >= 15 is 4.39 Å². The SMILES string of the molecule is [2H][C@]1(N2Cc3c(OCc4cccc(CN5CC(C)(C)OC(C)(C)C5)c4F)cccc3C2=O)CCC(=O)NC1=O. The summed E-state index contributed by atoms with van der Waals surface area (Å²) in [6, 6.07) is 8.34. The molecule has 202 valence electrons. The molecule has 8 nitrogen and oxygen atoms in total. The van der Waals surface area contributed by atoms with E-state index in [0.29, 0.717) is 47.6 Å². The zero-order valence-corrected chi connectivity index (χ0v) is 22.2. The van der Waals surface area contributed by atoms with Gasteiger partial charge in [0.05, 0.1) is 19.1 Å². The molecule has 38 heavy (non-hydrogen) atoms. The molecule has 3 aliphatic rings. The summed E-state index contributed by atoms with van der Waals surface area (Å²) in [6.07, 6.45) is -0.100.